The molecule has 0 unspecified atom stereocenters. The molecular weight excluding hydrogens is 360 g/mol. The number of carbonyl (C=O) groups is 1. The summed E-state index contributed by atoms with van der Waals surface area (Å²) in [7, 11) is 0. The Hall–Kier alpha value is -3.26. The predicted molar refractivity (Wildman–Crippen MR) is 94.8 cm³/mol. The topological polar surface area (TPSA) is 111 Å². The Morgan fingerprint density at radius 2 is 1.88 bits per heavy atom. The van der Waals surface area contributed by atoms with Gasteiger partial charge in [0.15, 0.2) is 0 Å². The maximum Gasteiger partial charge on any atom is 0.292 e. The van der Waals surface area contributed by atoms with Crippen molar-refractivity contribution in [3.05, 3.63) is 69.6 Å². The summed E-state index contributed by atoms with van der Waals surface area (Å²) in [5.41, 5.74) is 0.585. The molecule has 1 aromatic heterocycles. The molecule has 0 spiro atoms. The van der Waals surface area contributed by atoms with E-state index in [9.17, 15) is 14.9 Å². The van der Waals surface area contributed by atoms with Gasteiger partial charge in [-0.2, -0.15) is 0 Å². The highest BCUT2D eigenvalue weighted by Gasteiger charge is 2.16. The number of halogens is 1. The van der Waals surface area contributed by atoms with Crippen molar-refractivity contribution >= 4 is 28.9 Å². The lowest BCUT2D eigenvalue weighted by Gasteiger charge is -2.04. The Balaban J connectivity index is 1.63. The van der Waals surface area contributed by atoms with Crippen LogP contribution in [0.4, 0.5) is 11.4 Å². The number of rotatable bonds is 6. The van der Waals surface area contributed by atoms with Crippen LogP contribution >= 0.6 is 11.6 Å². The normalized spacial score (nSPS) is 10.5. The van der Waals surface area contributed by atoms with E-state index < -0.39 is 10.8 Å². The quantitative estimate of drug-likeness (QED) is 0.519. The van der Waals surface area contributed by atoms with Gasteiger partial charge in [-0.05, 0) is 18.2 Å². The van der Waals surface area contributed by atoms with E-state index in [0.717, 1.165) is 0 Å². The molecule has 0 aliphatic rings. The first-order valence-corrected chi connectivity index (χ1v) is 8.03. The van der Waals surface area contributed by atoms with Gasteiger partial charge in [0.05, 0.1) is 15.5 Å². The average molecular weight is 373 g/mol. The molecule has 132 valence electrons. The number of anilines is 1. The summed E-state index contributed by atoms with van der Waals surface area (Å²) in [4.78, 5) is 22.5. The molecule has 0 aliphatic heterocycles. The lowest BCUT2D eigenvalue weighted by atomic mass is 10.2. The van der Waals surface area contributed by atoms with Crippen LogP contribution in [0.15, 0.2) is 52.9 Å². The van der Waals surface area contributed by atoms with Crippen LogP contribution in [0.2, 0.25) is 5.02 Å². The maximum atomic E-state index is 12.0. The number of amides is 1. The van der Waals surface area contributed by atoms with Crippen LogP contribution < -0.4 is 5.32 Å². The van der Waals surface area contributed by atoms with Gasteiger partial charge in [0.1, 0.15) is 5.69 Å². The lowest BCUT2D eigenvalue weighted by Crippen LogP contribution is -2.13. The van der Waals surface area contributed by atoms with Crippen LogP contribution in [0.1, 0.15) is 12.3 Å². The molecule has 1 amide bonds. The largest absolute Gasteiger partial charge is 0.421 e. The zero-order valence-electron chi connectivity index (χ0n) is 13.4. The predicted octanol–water partition coefficient (Wildman–Crippen LogP) is 3.87. The zero-order chi connectivity index (χ0) is 18.5. The summed E-state index contributed by atoms with van der Waals surface area (Å²) in [6.45, 7) is 0. The van der Waals surface area contributed by atoms with E-state index >= 15 is 0 Å². The van der Waals surface area contributed by atoms with Crippen LogP contribution in [0, 0.1) is 10.1 Å². The van der Waals surface area contributed by atoms with E-state index in [4.69, 9.17) is 16.0 Å². The summed E-state index contributed by atoms with van der Waals surface area (Å²) >= 11 is 6.08. The van der Waals surface area contributed by atoms with E-state index in [1.54, 1.807) is 30.3 Å². The second-order valence-corrected chi connectivity index (χ2v) is 5.71. The first kappa shape index (κ1) is 17.6. The van der Waals surface area contributed by atoms with E-state index in [2.05, 4.69) is 15.5 Å². The number of hydrogen-bond acceptors (Lipinski definition) is 6. The molecule has 9 heteroatoms. The molecule has 0 bridgehead atoms. The molecule has 3 rings (SSSR count). The van der Waals surface area contributed by atoms with Gasteiger partial charge in [-0.3, -0.25) is 14.9 Å². The number of aromatic nitrogens is 2. The molecule has 0 saturated carbocycles. The van der Waals surface area contributed by atoms with Crippen molar-refractivity contribution in [2.24, 2.45) is 0 Å². The number of nitro benzene ring substituents is 1. The molecule has 0 aliphatic carbocycles. The van der Waals surface area contributed by atoms with Crippen LogP contribution in [-0.4, -0.2) is 21.0 Å². The fourth-order valence-corrected chi connectivity index (χ4v) is 2.49. The van der Waals surface area contributed by atoms with E-state index in [1.165, 1.54) is 18.2 Å². The van der Waals surface area contributed by atoms with Gasteiger partial charge in [0.25, 0.3) is 5.69 Å². The number of benzene rings is 2. The minimum Gasteiger partial charge on any atom is -0.421 e. The van der Waals surface area contributed by atoms with Crippen molar-refractivity contribution in [3.8, 4) is 11.5 Å². The Morgan fingerprint density at radius 3 is 2.65 bits per heavy atom. The summed E-state index contributed by atoms with van der Waals surface area (Å²) in [6.07, 6.45) is 0.236. The fraction of sp³-hybridized carbons (Fsp3) is 0.118. The van der Waals surface area contributed by atoms with Gasteiger partial charge in [-0.15, -0.1) is 10.2 Å². The van der Waals surface area contributed by atoms with Crippen LogP contribution in [-0.2, 0) is 11.2 Å². The van der Waals surface area contributed by atoms with Crippen molar-refractivity contribution in [2.75, 3.05) is 5.32 Å². The fourth-order valence-electron chi connectivity index (χ4n) is 2.27. The number of para-hydroxylation sites is 2. The van der Waals surface area contributed by atoms with Gasteiger partial charge in [-0.1, -0.05) is 35.9 Å². The van der Waals surface area contributed by atoms with E-state index in [-0.39, 0.29) is 36.0 Å². The molecule has 0 radical (unpaired) electrons. The molecule has 3 aromatic rings. The first-order valence-electron chi connectivity index (χ1n) is 7.65. The number of nitrogens with one attached hydrogen (secondary N) is 1. The van der Waals surface area contributed by atoms with Crippen LogP contribution in [0.25, 0.3) is 11.5 Å². The highest BCUT2D eigenvalue weighted by molar-refractivity contribution is 6.33. The lowest BCUT2D eigenvalue weighted by molar-refractivity contribution is -0.383. The highest BCUT2D eigenvalue weighted by Crippen LogP contribution is 2.26. The second-order valence-electron chi connectivity index (χ2n) is 5.30. The van der Waals surface area contributed by atoms with Gasteiger partial charge < -0.3 is 9.73 Å². The third-order valence-electron chi connectivity index (χ3n) is 3.51. The molecule has 0 fully saturated rings. The Morgan fingerprint density at radius 1 is 1.15 bits per heavy atom. The van der Waals surface area contributed by atoms with Gasteiger partial charge in [0.2, 0.25) is 17.7 Å². The minimum atomic E-state index is -0.552. The standard InChI is InChI=1S/C17H13ClN4O4/c18-12-6-2-1-5-11(12)17-21-20-16(26-17)10-9-15(23)19-13-7-3-4-8-14(13)22(24)25/h1-8H,9-10H2,(H,19,23). The molecule has 1 heterocycles. The van der Waals surface area contributed by atoms with Crippen LogP contribution in [0.5, 0.6) is 0 Å². The maximum absolute atomic E-state index is 12.0. The van der Waals surface area contributed by atoms with Crippen molar-refractivity contribution in [1.29, 1.82) is 0 Å². The van der Waals surface area contributed by atoms with Crippen LogP contribution in [0.3, 0.4) is 0 Å². The van der Waals surface area contributed by atoms with Crippen molar-refractivity contribution in [2.45, 2.75) is 12.8 Å². The third kappa shape index (κ3) is 4.04. The number of nitro groups is 1. The van der Waals surface area contributed by atoms with Crippen molar-refractivity contribution < 1.29 is 14.1 Å². The van der Waals surface area contributed by atoms with Crippen molar-refractivity contribution in [1.82, 2.24) is 10.2 Å². The smallest absolute Gasteiger partial charge is 0.292 e. The summed E-state index contributed by atoms with van der Waals surface area (Å²) in [6, 6.07) is 13.0. The second kappa shape index (κ2) is 7.75. The zero-order valence-corrected chi connectivity index (χ0v) is 14.1. The Kier molecular flexibility index (Phi) is 5.23. The monoisotopic (exact) mass is 372 g/mol. The van der Waals surface area contributed by atoms with E-state index in [0.29, 0.717) is 10.6 Å². The van der Waals surface area contributed by atoms with Gasteiger partial charge in [0, 0.05) is 18.9 Å². The van der Waals surface area contributed by atoms with E-state index in [1.807, 2.05) is 0 Å². The third-order valence-corrected chi connectivity index (χ3v) is 3.84. The SMILES string of the molecule is O=C(CCc1nnc(-c2ccccc2Cl)o1)Nc1ccccc1[N+](=O)[O-]. The summed E-state index contributed by atoms with van der Waals surface area (Å²) in [5.74, 6) is 0.152. The van der Waals surface area contributed by atoms with Gasteiger partial charge >= 0.3 is 0 Å². The number of aryl methyl sites for hydroxylation is 1. The Labute approximate surface area is 153 Å². The molecule has 26 heavy (non-hydrogen) atoms. The minimum absolute atomic E-state index is 0.0379. The van der Waals surface area contributed by atoms with Gasteiger partial charge in [-0.25, -0.2) is 0 Å². The number of hydrogen-bond donors (Lipinski definition) is 1. The molecule has 1 N–H and O–H groups in total. The molecule has 2 aromatic carbocycles. The molecule has 8 nitrogen and oxygen atoms in total. The summed E-state index contributed by atoms with van der Waals surface area (Å²) < 4.78 is 5.52. The first-order chi connectivity index (χ1) is 12.5. The molecular formula is C17H13ClN4O4. The number of nitrogens with zero attached hydrogens (tertiary/aromatic N) is 3. The molecule has 0 atom stereocenters. The summed E-state index contributed by atoms with van der Waals surface area (Å²) in [5, 5.41) is 21.8. The average Bonchev–Trinajstić information content (AvgIpc) is 3.09. The molecule has 0 saturated heterocycles. The number of carbonyl (C=O) groups excluding carboxylic acids is 1. The Bertz CT molecular complexity index is 957. The highest BCUT2D eigenvalue weighted by atomic mass is 35.5. The van der Waals surface area contributed by atoms with Crippen molar-refractivity contribution in [3.63, 3.8) is 0 Å².